The van der Waals surface area contributed by atoms with E-state index in [1.54, 1.807) is 7.11 Å². The van der Waals surface area contributed by atoms with Crippen molar-refractivity contribution in [3.8, 4) is 5.75 Å². The van der Waals surface area contributed by atoms with E-state index < -0.39 is 0 Å². The van der Waals surface area contributed by atoms with Crippen LogP contribution in [0.2, 0.25) is 5.02 Å². The number of hydrogen-bond acceptors (Lipinski definition) is 4. The highest BCUT2D eigenvalue weighted by molar-refractivity contribution is 6.30. The molecule has 1 unspecified atom stereocenters. The molecular weight excluding hydrogens is 310 g/mol. The van der Waals surface area contributed by atoms with Gasteiger partial charge in [-0.1, -0.05) is 18.5 Å². The molecule has 1 atom stereocenters. The molecule has 5 heteroatoms. The summed E-state index contributed by atoms with van der Waals surface area (Å²) in [6.07, 6.45) is 1.30. The van der Waals surface area contributed by atoms with E-state index in [1.807, 2.05) is 18.2 Å². The molecule has 0 spiro atoms. The molecule has 0 aromatic heterocycles. The van der Waals surface area contributed by atoms with Crippen molar-refractivity contribution < 1.29 is 4.74 Å². The Hall–Kier alpha value is -0.810. The SMILES string of the molecule is COc1ccc(Cl)cc1CN1CCN(CC2(C)CCNC2)CC1. The first kappa shape index (κ1) is 17.0. The summed E-state index contributed by atoms with van der Waals surface area (Å²) in [5.74, 6) is 0.932. The molecule has 0 amide bonds. The second-order valence-corrected chi connectivity index (χ2v) is 7.68. The highest BCUT2D eigenvalue weighted by Gasteiger charge is 2.31. The lowest BCUT2D eigenvalue weighted by molar-refractivity contribution is 0.0928. The van der Waals surface area contributed by atoms with Gasteiger partial charge >= 0.3 is 0 Å². The van der Waals surface area contributed by atoms with E-state index in [2.05, 4.69) is 22.0 Å². The summed E-state index contributed by atoms with van der Waals surface area (Å²) >= 11 is 6.14. The van der Waals surface area contributed by atoms with Crippen LogP contribution in [0.3, 0.4) is 0 Å². The van der Waals surface area contributed by atoms with Gasteiger partial charge in [0.15, 0.2) is 0 Å². The predicted octanol–water partition coefficient (Wildman–Crippen LogP) is 2.47. The Balaban J connectivity index is 1.52. The Morgan fingerprint density at radius 1 is 1.22 bits per heavy atom. The molecule has 2 heterocycles. The van der Waals surface area contributed by atoms with Crippen molar-refractivity contribution >= 4 is 11.6 Å². The van der Waals surface area contributed by atoms with E-state index in [0.717, 1.165) is 50.0 Å². The van der Waals surface area contributed by atoms with E-state index in [1.165, 1.54) is 25.1 Å². The van der Waals surface area contributed by atoms with Crippen LogP contribution in [0.15, 0.2) is 18.2 Å². The van der Waals surface area contributed by atoms with E-state index >= 15 is 0 Å². The molecule has 1 aromatic rings. The van der Waals surface area contributed by atoms with Crippen molar-refractivity contribution in [1.29, 1.82) is 0 Å². The third-order valence-electron chi connectivity index (χ3n) is 5.16. The van der Waals surface area contributed by atoms with Crippen LogP contribution in [0.5, 0.6) is 5.75 Å². The second-order valence-electron chi connectivity index (χ2n) is 7.25. The van der Waals surface area contributed by atoms with Crippen LogP contribution >= 0.6 is 11.6 Å². The average Bonchev–Trinajstić information content (AvgIpc) is 2.96. The fourth-order valence-corrected chi connectivity index (χ4v) is 3.96. The molecule has 4 nitrogen and oxygen atoms in total. The molecule has 128 valence electrons. The van der Waals surface area contributed by atoms with Crippen LogP contribution in [0.1, 0.15) is 18.9 Å². The minimum absolute atomic E-state index is 0.457. The molecule has 23 heavy (non-hydrogen) atoms. The van der Waals surface area contributed by atoms with Gasteiger partial charge in [-0.15, -0.1) is 0 Å². The zero-order valence-electron chi connectivity index (χ0n) is 14.3. The summed E-state index contributed by atoms with van der Waals surface area (Å²) < 4.78 is 5.46. The number of nitrogens with zero attached hydrogens (tertiary/aromatic N) is 2. The molecule has 1 aromatic carbocycles. The second kappa shape index (κ2) is 7.39. The smallest absolute Gasteiger partial charge is 0.123 e. The number of rotatable bonds is 5. The molecule has 2 fully saturated rings. The van der Waals surface area contributed by atoms with Crippen molar-refractivity contribution in [3.63, 3.8) is 0 Å². The molecule has 2 saturated heterocycles. The van der Waals surface area contributed by atoms with Crippen LogP contribution in [0, 0.1) is 5.41 Å². The predicted molar refractivity (Wildman–Crippen MR) is 95.3 cm³/mol. The Labute approximate surface area is 144 Å². The van der Waals surface area contributed by atoms with Gasteiger partial charge in [-0.25, -0.2) is 0 Å². The maximum Gasteiger partial charge on any atom is 0.123 e. The topological polar surface area (TPSA) is 27.7 Å². The number of hydrogen-bond donors (Lipinski definition) is 1. The van der Waals surface area contributed by atoms with Gasteiger partial charge in [0.05, 0.1) is 7.11 Å². The van der Waals surface area contributed by atoms with Crippen molar-refractivity contribution in [2.75, 3.05) is 52.9 Å². The summed E-state index contributed by atoms with van der Waals surface area (Å²) in [7, 11) is 1.72. The van der Waals surface area contributed by atoms with E-state index in [-0.39, 0.29) is 0 Å². The summed E-state index contributed by atoms with van der Waals surface area (Å²) in [4.78, 5) is 5.12. The molecule has 0 saturated carbocycles. The fraction of sp³-hybridized carbons (Fsp3) is 0.667. The highest BCUT2D eigenvalue weighted by Crippen LogP contribution is 2.27. The zero-order chi connectivity index (χ0) is 16.3. The Morgan fingerprint density at radius 3 is 2.61 bits per heavy atom. The number of benzene rings is 1. The van der Waals surface area contributed by atoms with Crippen LogP contribution < -0.4 is 10.1 Å². The number of piperazine rings is 1. The van der Waals surface area contributed by atoms with Crippen molar-refractivity contribution in [2.24, 2.45) is 5.41 Å². The Kier molecular flexibility index (Phi) is 5.47. The van der Waals surface area contributed by atoms with Gasteiger partial charge < -0.3 is 15.0 Å². The van der Waals surface area contributed by atoms with Crippen molar-refractivity contribution in [1.82, 2.24) is 15.1 Å². The zero-order valence-corrected chi connectivity index (χ0v) is 15.0. The average molecular weight is 338 g/mol. The highest BCUT2D eigenvalue weighted by atomic mass is 35.5. The van der Waals surface area contributed by atoms with Crippen LogP contribution in [0.25, 0.3) is 0 Å². The lowest BCUT2D eigenvalue weighted by Gasteiger charge is -2.38. The largest absolute Gasteiger partial charge is 0.496 e. The van der Waals surface area contributed by atoms with E-state index in [0.29, 0.717) is 5.41 Å². The first-order chi connectivity index (χ1) is 11.1. The number of nitrogens with one attached hydrogen (secondary N) is 1. The van der Waals surface area contributed by atoms with Gasteiger partial charge in [0.25, 0.3) is 0 Å². The van der Waals surface area contributed by atoms with Crippen LogP contribution in [-0.4, -0.2) is 62.7 Å². The Morgan fingerprint density at radius 2 is 1.96 bits per heavy atom. The molecule has 0 aliphatic carbocycles. The molecular formula is C18H28ClN3O. The molecule has 0 bridgehead atoms. The number of methoxy groups -OCH3 is 1. The molecule has 1 N–H and O–H groups in total. The first-order valence-electron chi connectivity index (χ1n) is 8.56. The molecule has 2 aliphatic heterocycles. The number of halogens is 1. The van der Waals surface area contributed by atoms with Crippen LogP contribution in [-0.2, 0) is 6.54 Å². The molecule has 3 rings (SSSR count). The minimum Gasteiger partial charge on any atom is -0.496 e. The first-order valence-corrected chi connectivity index (χ1v) is 8.94. The summed E-state index contributed by atoms with van der Waals surface area (Å²) in [6, 6.07) is 5.87. The van der Waals surface area contributed by atoms with Gasteiger partial charge in [-0.05, 0) is 36.6 Å². The molecule has 0 radical (unpaired) electrons. The van der Waals surface area contributed by atoms with E-state index in [9.17, 15) is 0 Å². The van der Waals surface area contributed by atoms with Crippen molar-refractivity contribution in [2.45, 2.75) is 19.9 Å². The Bertz CT molecular complexity index is 523. The van der Waals surface area contributed by atoms with Gasteiger partial charge in [0.2, 0.25) is 0 Å². The summed E-state index contributed by atoms with van der Waals surface area (Å²) in [5.41, 5.74) is 1.64. The minimum atomic E-state index is 0.457. The quantitative estimate of drug-likeness (QED) is 0.893. The lowest BCUT2D eigenvalue weighted by atomic mass is 9.89. The summed E-state index contributed by atoms with van der Waals surface area (Å²) in [5, 5.41) is 4.28. The maximum atomic E-state index is 6.14. The summed E-state index contributed by atoms with van der Waals surface area (Å²) in [6.45, 7) is 11.4. The van der Waals surface area contributed by atoms with Crippen molar-refractivity contribution in [3.05, 3.63) is 28.8 Å². The third kappa shape index (κ3) is 4.38. The van der Waals surface area contributed by atoms with Crippen LogP contribution in [0.4, 0.5) is 0 Å². The maximum absolute atomic E-state index is 6.14. The monoisotopic (exact) mass is 337 g/mol. The van der Waals surface area contributed by atoms with E-state index in [4.69, 9.17) is 16.3 Å². The molecule has 2 aliphatic rings. The van der Waals surface area contributed by atoms with Gasteiger partial charge in [0, 0.05) is 56.4 Å². The normalized spacial score (nSPS) is 26.6. The third-order valence-corrected chi connectivity index (χ3v) is 5.40. The standard InChI is InChI=1S/C18H28ClN3O/c1-18(5-6-20-13-18)14-22-9-7-21(8-10-22)12-15-11-16(19)3-4-17(15)23-2/h3-4,11,20H,5-10,12-14H2,1-2H3. The van der Waals surface area contributed by atoms with Gasteiger partial charge in [-0.2, -0.15) is 0 Å². The fourth-order valence-electron chi connectivity index (χ4n) is 3.76. The van der Waals surface area contributed by atoms with Gasteiger partial charge in [-0.3, -0.25) is 4.90 Å². The van der Waals surface area contributed by atoms with Gasteiger partial charge in [0.1, 0.15) is 5.75 Å². The number of ether oxygens (including phenoxy) is 1. The lowest BCUT2D eigenvalue weighted by Crippen LogP contribution is -2.49.